The second-order valence-corrected chi connectivity index (χ2v) is 8.46. The van der Waals surface area contributed by atoms with E-state index < -0.39 is 0 Å². The molecule has 1 saturated heterocycles. The quantitative estimate of drug-likeness (QED) is 0.619. The number of rotatable bonds is 7. The number of methoxy groups -OCH3 is 1. The number of carbonyl (C=O) groups is 1. The van der Waals surface area contributed by atoms with Gasteiger partial charge in [0.05, 0.1) is 7.11 Å². The fourth-order valence-corrected chi connectivity index (χ4v) is 4.62. The maximum absolute atomic E-state index is 13.3. The number of hydrogen-bond acceptors (Lipinski definition) is 5. The summed E-state index contributed by atoms with van der Waals surface area (Å²) in [6, 6.07) is 21.5. The van der Waals surface area contributed by atoms with Crippen LogP contribution in [-0.4, -0.2) is 49.0 Å². The second kappa shape index (κ2) is 9.89. The number of amides is 1. The molecular weight excluding hydrogens is 394 g/mol. The molecule has 1 aromatic heterocycles. The summed E-state index contributed by atoms with van der Waals surface area (Å²) in [6.45, 7) is 4.60. The van der Waals surface area contributed by atoms with Gasteiger partial charge in [-0.15, -0.1) is 11.3 Å². The van der Waals surface area contributed by atoms with Gasteiger partial charge < -0.3 is 10.1 Å². The molecule has 1 N–H and O–H groups in total. The minimum absolute atomic E-state index is 0.0128. The van der Waals surface area contributed by atoms with Gasteiger partial charge >= 0.3 is 0 Å². The largest absolute Gasteiger partial charge is 0.497 e. The summed E-state index contributed by atoms with van der Waals surface area (Å²) < 4.78 is 5.29. The van der Waals surface area contributed by atoms with E-state index in [0.29, 0.717) is 0 Å². The minimum Gasteiger partial charge on any atom is -0.497 e. The zero-order chi connectivity index (χ0) is 20.8. The predicted octanol–water partition coefficient (Wildman–Crippen LogP) is 4.25. The molecule has 0 bridgehead atoms. The van der Waals surface area contributed by atoms with Crippen molar-refractivity contribution in [3.05, 3.63) is 82.6 Å². The highest BCUT2D eigenvalue weighted by molar-refractivity contribution is 7.09. The fourth-order valence-electron chi connectivity index (χ4n) is 3.88. The van der Waals surface area contributed by atoms with E-state index >= 15 is 0 Å². The Balaban J connectivity index is 1.47. The van der Waals surface area contributed by atoms with Crippen LogP contribution >= 0.6 is 11.3 Å². The Hall–Kier alpha value is -2.67. The fraction of sp³-hybridized carbons (Fsp3) is 0.292. The Morgan fingerprint density at radius 2 is 1.83 bits per heavy atom. The van der Waals surface area contributed by atoms with Crippen molar-refractivity contribution >= 4 is 22.9 Å². The Bertz CT molecular complexity index is 938. The number of piperazine rings is 1. The number of carbonyl (C=O) groups excluding carboxylic acids is 1. The molecule has 0 spiro atoms. The Kier molecular flexibility index (Phi) is 6.79. The average molecular weight is 422 g/mol. The van der Waals surface area contributed by atoms with Crippen LogP contribution < -0.4 is 10.1 Å². The summed E-state index contributed by atoms with van der Waals surface area (Å²) in [5.41, 5.74) is 1.77. The molecule has 1 amide bonds. The van der Waals surface area contributed by atoms with Gasteiger partial charge in [0.15, 0.2) is 0 Å². The van der Waals surface area contributed by atoms with E-state index in [-0.39, 0.29) is 11.9 Å². The summed E-state index contributed by atoms with van der Waals surface area (Å²) in [5.74, 6) is 0.715. The van der Waals surface area contributed by atoms with Crippen molar-refractivity contribution in [3.63, 3.8) is 0 Å². The van der Waals surface area contributed by atoms with Gasteiger partial charge in [0.2, 0.25) is 5.91 Å². The molecule has 5 nitrogen and oxygen atoms in total. The second-order valence-electron chi connectivity index (χ2n) is 7.43. The van der Waals surface area contributed by atoms with E-state index in [1.54, 1.807) is 18.4 Å². The molecular formula is C24H27N3O2S. The minimum atomic E-state index is -0.318. The zero-order valence-corrected chi connectivity index (χ0v) is 18.0. The SMILES string of the molecule is COc1cccc(NC(=O)[C@H](c2ccccc2)N2CCN(Cc3cccs3)CC2)c1. The molecule has 0 radical (unpaired) electrons. The highest BCUT2D eigenvalue weighted by Gasteiger charge is 2.30. The van der Waals surface area contributed by atoms with Crippen molar-refractivity contribution < 1.29 is 9.53 Å². The first-order valence-corrected chi connectivity index (χ1v) is 11.1. The van der Waals surface area contributed by atoms with Crippen LogP contribution in [0.15, 0.2) is 72.1 Å². The standard InChI is InChI=1S/C24H27N3O2S/c1-29-21-10-5-9-20(17-21)25-24(28)23(19-7-3-2-4-8-19)27-14-12-26(13-15-27)18-22-11-6-16-30-22/h2-11,16-17,23H,12-15,18H2,1H3,(H,25,28)/t23-/m0/s1. The van der Waals surface area contributed by atoms with Crippen molar-refractivity contribution in [2.45, 2.75) is 12.6 Å². The van der Waals surface area contributed by atoms with Gasteiger partial charge in [0.1, 0.15) is 11.8 Å². The molecule has 1 aliphatic rings. The van der Waals surface area contributed by atoms with E-state index in [1.165, 1.54) is 4.88 Å². The van der Waals surface area contributed by atoms with Gasteiger partial charge in [0, 0.05) is 49.4 Å². The lowest BCUT2D eigenvalue weighted by Gasteiger charge is -2.38. The Morgan fingerprint density at radius 1 is 1.03 bits per heavy atom. The lowest BCUT2D eigenvalue weighted by atomic mass is 10.0. The number of thiophene rings is 1. The summed E-state index contributed by atoms with van der Waals surface area (Å²) in [7, 11) is 1.63. The molecule has 2 aromatic carbocycles. The number of ether oxygens (including phenoxy) is 1. The summed E-state index contributed by atoms with van der Waals surface area (Å²) in [6.07, 6.45) is 0. The summed E-state index contributed by atoms with van der Waals surface area (Å²) in [5, 5.41) is 5.21. The van der Waals surface area contributed by atoms with Crippen LogP contribution in [0.1, 0.15) is 16.5 Å². The molecule has 1 atom stereocenters. The van der Waals surface area contributed by atoms with Gasteiger partial charge in [-0.05, 0) is 29.1 Å². The maximum atomic E-state index is 13.3. The van der Waals surface area contributed by atoms with Crippen LogP contribution in [0.3, 0.4) is 0 Å². The molecule has 2 heterocycles. The first kappa shape index (κ1) is 20.6. The summed E-state index contributed by atoms with van der Waals surface area (Å²) in [4.78, 5) is 19.5. The highest BCUT2D eigenvalue weighted by atomic mass is 32.1. The predicted molar refractivity (Wildman–Crippen MR) is 122 cm³/mol. The highest BCUT2D eigenvalue weighted by Crippen LogP contribution is 2.26. The third-order valence-electron chi connectivity index (χ3n) is 5.43. The van der Waals surface area contributed by atoms with Crippen molar-refractivity contribution in [2.75, 3.05) is 38.6 Å². The van der Waals surface area contributed by atoms with Crippen LogP contribution in [-0.2, 0) is 11.3 Å². The zero-order valence-electron chi connectivity index (χ0n) is 17.2. The van der Waals surface area contributed by atoms with Crippen molar-refractivity contribution in [3.8, 4) is 5.75 Å². The van der Waals surface area contributed by atoms with E-state index in [9.17, 15) is 4.79 Å². The molecule has 1 fully saturated rings. The van der Waals surface area contributed by atoms with E-state index in [1.807, 2.05) is 54.6 Å². The number of benzene rings is 2. The molecule has 6 heteroatoms. The lowest BCUT2D eigenvalue weighted by Crippen LogP contribution is -2.49. The third-order valence-corrected chi connectivity index (χ3v) is 6.29. The summed E-state index contributed by atoms with van der Waals surface area (Å²) >= 11 is 1.80. The smallest absolute Gasteiger partial charge is 0.246 e. The Morgan fingerprint density at radius 3 is 2.53 bits per heavy atom. The average Bonchev–Trinajstić information content (AvgIpc) is 3.29. The number of anilines is 1. The molecule has 1 aliphatic heterocycles. The molecule has 30 heavy (non-hydrogen) atoms. The molecule has 4 rings (SSSR count). The molecule has 0 aliphatic carbocycles. The Labute approximate surface area is 181 Å². The van der Waals surface area contributed by atoms with Crippen molar-refractivity contribution in [1.29, 1.82) is 0 Å². The van der Waals surface area contributed by atoms with Crippen LogP contribution in [0.4, 0.5) is 5.69 Å². The van der Waals surface area contributed by atoms with Crippen LogP contribution in [0.5, 0.6) is 5.75 Å². The number of nitrogens with one attached hydrogen (secondary N) is 1. The van der Waals surface area contributed by atoms with Gasteiger partial charge in [-0.3, -0.25) is 14.6 Å². The molecule has 156 valence electrons. The monoisotopic (exact) mass is 421 g/mol. The van der Waals surface area contributed by atoms with Gasteiger partial charge in [-0.2, -0.15) is 0 Å². The molecule has 0 unspecified atom stereocenters. The van der Waals surface area contributed by atoms with E-state index in [2.05, 4.69) is 32.6 Å². The van der Waals surface area contributed by atoms with Gasteiger partial charge in [0.25, 0.3) is 0 Å². The van der Waals surface area contributed by atoms with Gasteiger partial charge in [-0.25, -0.2) is 0 Å². The van der Waals surface area contributed by atoms with E-state index in [0.717, 1.165) is 49.7 Å². The van der Waals surface area contributed by atoms with Crippen LogP contribution in [0.25, 0.3) is 0 Å². The first-order chi connectivity index (χ1) is 14.7. The van der Waals surface area contributed by atoms with Crippen LogP contribution in [0.2, 0.25) is 0 Å². The van der Waals surface area contributed by atoms with Crippen LogP contribution in [0, 0.1) is 0 Å². The van der Waals surface area contributed by atoms with Crippen molar-refractivity contribution in [2.24, 2.45) is 0 Å². The molecule has 3 aromatic rings. The topological polar surface area (TPSA) is 44.8 Å². The van der Waals surface area contributed by atoms with Crippen molar-refractivity contribution in [1.82, 2.24) is 9.80 Å². The number of hydrogen-bond donors (Lipinski definition) is 1. The lowest BCUT2D eigenvalue weighted by molar-refractivity contribution is -0.122. The number of nitrogens with zero attached hydrogens (tertiary/aromatic N) is 2. The normalized spacial score (nSPS) is 16.2. The first-order valence-electron chi connectivity index (χ1n) is 10.2. The maximum Gasteiger partial charge on any atom is 0.246 e. The van der Waals surface area contributed by atoms with E-state index in [4.69, 9.17) is 4.74 Å². The third kappa shape index (κ3) is 5.08. The molecule has 0 saturated carbocycles. The van der Waals surface area contributed by atoms with Gasteiger partial charge in [-0.1, -0.05) is 42.5 Å².